The van der Waals surface area contributed by atoms with Gasteiger partial charge in [0.15, 0.2) is 9.84 Å². The highest BCUT2D eigenvalue weighted by Crippen LogP contribution is 2.20. The van der Waals surface area contributed by atoms with E-state index >= 15 is 0 Å². The maximum Gasteiger partial charge on any atom is 0.274 e. The van der Waals surface area contributed by atoms with Gasteiger partial charge in [-0.15, -0.1) is 0 Å². The summed E-state index contributed by atoms with van der Waals surface area (Å²) < 4.78 is 23.4. The molecule has 2 heterocycles. The van der Waals surface area contributed by atoms with Crippen molar-refractivity contribution >= 4 is 21.6 Å². The summed E-state index contributed by atoms with van der Waals surface area (Å²) in [5.41, 5.74) is 1.35. The molecular weight excluding hydrogens is 364 g/mol. The van der Waals surface area contributed by atoms with Crippen LogP contribution in [0.1, 0.15) is 42.4 Å². The molecule has 0 radical (unpaired) electrons. The first-order chi connectivity index (χ1) is 12.9. The second-order valence-electron chi connectivity index (χ2n) is 6.71. The monoisotopic (exact) mass is 388 g/mol. The van der Waals surface area contributed by atoms with E-state index in [4.69, 9.17) is 0 Å². The topological polar surface area (TPSA) is 92.3 Å². The first-order valence-electron chi connectivity index (χ1n) is 9.04. The average Bonchev–Trinajstić information content (AvgIpc) is 3.03. The third-order valence-electron chi connectivity index (χ3n) is 4.79. The lowest BCUT2D eigenvalue weighted by atomic mass is 10.1. The van der Waals surface area contributed by atoms with Crippen LogP contribution < -0.4 is 5.32 Å². The van der Waals surface area contributed by atoms with E-state index in [1.54, 1.807) is 4.90 Å². The molecule has 0 spiro atoms. The van der Waals surface area contributed by atoms with Gasteiger partial charge in [0.05, 0.1) is 23.9 Å². The van der Waals surface area contributed by atoms with Gasteiger partial charge in [-0.05, 0) is 25.8 Å². The van der Waals surface area contributed by atoms with Gasteiger partial charge >= 0.3 is 0 Å². The number of carbonyl (C=O) groups is 1. The molecule has 144 valence electrons. The van der Waals surface area contributed by atoms with Gasteiger partial charge in [-0.3, -0.25) is 4.79 Å². The number of nitrogens with one attached hydrogen (secondary N) is 1. The van der Waals surface area contributed by atoms with Crippen molar-refractivity contribution in [3.63, 3.8) is 0 Å². The van der Waals surface area contributed by atoms with Gasteiger partial charge in [0.2, 0.25) is 0 Å². The molecule has 0 bridgehead atoms. The molecule has 2 atom stereocenters. The van der Waals surface area contributed by atoms with Gasteiger partial charge in [-0.25, -0.2) is 18.4 Å². The summed E-state index contributed by atoms with van der Waals surface area (Å²) in [6.45, 7) is 4.30. The van der Waals surface area contributed by atoms with Crippen LogP contribution in [-0.2, 0) is 9.84 Å². The van der Waals surface area contributed by atoms with Crippen LogP contribution in [0.2, 0.25) is 0 Å². The van der Waals surface area contributed by atoms with E-state index in [0.29, 0.717) is 18.8 Å². The zero-order chi connectivity index (χ0) is 19.4. The van der Waals surface area contributed by atoms with E-state index in [1.807, 2.05) is 44.2 Å². The predicted octanol–water partition coefficient (Wildman–Crippen LogP) is 2.30. The first kappa shape index (κ1) is 19.3. The van der Waals surface area contributed by atoms with Crippen LogP contribution in [0.4, 0.5) is 5.82 Å². The quantitative estimate of drug-likeness (QED) is 0.816. The molecule has 27 heavy (non-hydrogen) atoms. The second-order valence-corrected chi connectivity index (χ2v) is 8.94. The number of amides is 1. The molecule has 2 unspecified atom stereocenters. The van der Waals surface area contributed by atoms with Gasteiger partial charge in [0.1, 0.15) is 11.5 Å². The minimum absolute atomic E-state index is 0.0221. The third kappa shape index (κ3) is 4.63. The average molecular weight is 388 g/mol. The summed E-state index contributed by atoms with van der Waals surface area (Å²) in [5, 5.41) is 3.26. The number of rotatable bonds is 6. The number of sulfone groups is 1. The molecule has 3 rings (SSSR count). The highest BCUT2D eigenvalue weighted by molar-refractivity contribution is 7.91. The largest absolute Gasteiger partial charge is 0.362 e. The summed E-state index contributed by atoms with van der Waals surface area (Å²) in [7, 11) is -3.05. The van der Waals surface area contributed by atoms with Gasteiger partial charge in [-0.2, -0.15) is 0 Å². The van der Waals surface area contributed by atoms with E-state index in [-0.39, 0.29) is 35.2 Å². The first-order valence-corrected chi connectivity index (χ1v) is 10.9. The zero-order valence-corrected chi connectivity index (χ0v) is 16.3. The highest BCUT2D eigenvalue weighted by Gasteiger charge is 2.34. The lowest BCUT2D eigenvalue weighted by Gasteiger charge is -2.26. The zero-order valence-electron chi connectivity index (χ0n) is 15.5. The number of benzene rings is 1. The lowest BCUT2D eigenvalue weighted by molar-refractivity contribution is 0.0702. The van der Waals surface area contributed by atoms with Gasteiger partial charge in [0.25, 0.3) is 5.91 Å². The SMILES string of the molecule is CCN(C(=O)c1cnc(NC(C)c2ccccc2)cn1)C1CCS(=O)(=O)C1. The maximum absolute atomic E-state index is 12.7. The van der Waals surface area contributed by atoms with E-state index in [9.17, 15) is 13.2 Å². The van der Waals surface area contributed by atoms with Crippen LogP contribution in [0.25, 0.3) is 0 Å². The molecule has 0 aliphatic carbocycles. The Morgan fingerprint density at radius 3 is 2.56 bits per heavy atom. The normalized spacial score (nSPS) is 19.4. The van der Waals surface area contributed by atoms with Crippen LogP contribution in [0.15, 0.2) is 42.7 Å². The summed E-state index contributed by atoms with van der Waals surface area (Å²) in [4.78, 5) is 22.8. The molecule has 1 aliphatic heterocycles. The number of aromatic nitrogens is 2. The third-order valence-corrected chi connectivity index (χ3v) is 6.54. The van der Waals surface area contributed by atoms with Crippen LogP contribution in [-0.4, -0.2) is 53.3 Å². The van der Waals surface area contributed by atoms with Crippen LogP contribution >= 0.6 is 0 Å². The van der Waals surface area contributed by atoms with Crippen molar-refractivity contribution in [2.45, 2.75) is 32.4 Å². The Kier molecular flexibility index (Phi) is 5.74. The lowest BCUT2D eigenvalue weighted by Crippen LogP contribution is -2.41. The Morgan fingerprint density at radius 1 is 1.26 bits per heavy atom. The molecule has 1 aromatic carbocycles. The smallest absolute Gasteiger partial charge is 0.274 e. The van der Waals surface area contributed by atoms with Crippen molar-refractivity contribution in [1.82, 2.24) is 14.9 Å². The van der Waals surface area contributed by atoms with Crippen molar-refractivity contribution in [2.75, 3.05) is 23.4 Å². The van der Waals surface area contributed by atoms with E-state index < -0.39 is 9.84 Å². The molecule has 0 saturated carbocycles. The second kappa shape index (κ2) is 8.04. The molecule has 7 nitrogen and oxygen atoms in total. The molecular formula is C19H24N4O3S. The van der Waals surface area contributed by atoms with Crippen LogP contribution in [0, 0.1) is 0 Å². The summed E-state index contributed by atoms with van der Waals surface area (Å²) in [6.07, 6.45) is 3.45. The summed E-state index contributed by atoms with van der Waals surface area (Å²) in [5.74, 6) is 0.450. The fraction of sp³-hybridized carbons (Fsp3) is 0.421. The number of carbonyl (C=O) groups excluding carboxylic acids is 1. The Labute approximate surface area is 159 Å². The van der Waals surface area contributed by atoms with Gasteiger partial charge < -0.3 is 10.2 Å². The van der Waals surface area contributed by atoms with Crippen molar-refractivity contribution in [3.05, 3.63) is 54.0 Å². The Morgan fingerprint density at radius 2 is 2.00 bits per heavy atom. The van der Waals surface area contributed by atoms with E-state index in [0.717, 1.165) is 5.56 Å². The minimum Gasteiger partial charge on any atom is -0.362 e. The number of nitrogens with zero attached hydrogens (tertiary/aromatic N) is 3. The molecule has 1 saturated heterocycles. The minimum atomic E-state index is -3.05. The van der Waals surface area contributed by atoms with E-state index in [1.165, 1.54) is 12.4 Å². The number of hydrogen-bond acceptors (Lipinski definition) is 6. The Hall–Kier alpha value is -2.48. The van der Waals surface area contributed by atoms with Crippen molar-refractivity contribution in [3.8, 4) is 0 Å². The molecule has 1 amide bonds. The maximum atomic E-state index is 12.7. The molecule has 1 aliphatic rings. The fourth-order valence-electron chi connectivity index (χ4n) is 3.30. The van der Waals surface area contributed by atoms with Gasteiger partial charge in [0, 0.05) is 18.6 Å². The molecule has 1 aromatic heterocycles. The van der Waals surface area contributed by atoms with Crippen molar-refractivity contribution in [2.24, 2.45) is 0 Å². The van der Waals surface area contributed by atoms with Crippen LogP contribution in [0.3, 0.4) is 0 Å². The molecule has 2 aromatic rings. The number of hydrogen-bond donors (Lipinski definition) is 1. The van der Waals surface area contributed by atoms with Gasteiger partial charge in [-0.1, -0.05) is 30.3 Å². The predicted molar refractivity (Wildman–Crippen MR) is 104 cm³/mol. The summed E-state index contributed by atoms with van der Waals surface area (Å²) in [6, 6.07) is 9.73. The van der Waals surface area contributed by atoms with Crippen LogP contribution in [0.5, 0.6) is 0 Å². The van der Waals surface area contributed by atoms with E-state index in [2.05, 4.69) is 15.3 Å². The molecule has 1 N–H and O–H groups in total. The van der Waals surface area contributed by atoms with Crippen molar-refractivity contribution in [1.29, 1.82) is 0 Å². The number of anilines is 1. The Balaban J connectivity index is 1.68. The highest BCUT2D eigenvalue weighted by atomic mass is 32.2. The Bertz CT molecular complexity index is 885. The molecule has 1 fully saturated rings. The summed E-state index contributed by atoms with van der Waals surface area (Å²) >= 11 is 0. The molecule has 8 heteroatoms. The van der Waals surface area contributed by atoms with Crippen molar-refractivity contribution < 1.29 is 13.2 Å². The standard InChI is InChI=1S/C19H24N4O3S/c1-3-23(16-9-10-27(25,26)13-16)19(24)17-11-21-18(12-20-17)22-14(2)15-7-5-4-6-8-15/h4-8,11-12,14,16H,3,9-10,13H2,1-2H3,(H,21,22). The fourth-order valence-corrected chi connectivity index (χ4v) is 5.03.